The predicted molar refractivity (Wildman–Crippen MR) is 61.5 cm³/mol. The van der Waals surface area contributed by atoms with Crippen molar-refractivity contribution in [3.8, 4) is 6.07 Å². The molecule has 1 rings (SSSR count). The van der Waals surface area contributed by atoms with Gasteiger partial charge in [-0.25, -0.2) is 4.79 Å². The van der Waals surface area contributed by atoms with Crippen molar-refractivity contribution >= 4 is 5.97 Å². The van der Waals surface area contributed by atoms with Gasteiger partial charge in [-0.15, -0.1) is 0 Å². The molecule has 1 aromatic heterocycles. The number of furan rings is 1. The molecule has 5 heteroatoms. The third-order valence-corrected chi connectivity index (χ3v) is 2.69. The number of hydrogen-bond acceptors (Lipinski definition) is 4. The van der Waals surface area contributed by atoms with Gasteiger partial charge in [-0.3, -0.25) is 4.90 Å². The van der Waals surface area contributed by atoms with Crippen LogP contribution in [0.4, 0.5) is 0 Å². The third kappa shape index (κ3) is 3.33. The van der Waals surface area contributed by atoms with Crippen LogP contribution in [-0.4, -0.2) is 29.6 Å². The normalized spacial score (nSPS) is 14.3. The van der Waals surface area contributed by atoms with E-state index >= 15 is 0 Å². The molecule has 0 amide bonds. The molecule has 0 aromatic carbocycles. The fourth-order valence-electron chi connectivity index (χ4n) is 1.54. The number of hydrogen-bond donors (Lipinski definition) is 1. The minimum atomic E-state index is -1.07. The van der Waals surface area contributed by atoms with Gasteiger partial charge in [-0.1, -0.05) is 0 Å². The standard InChI is InChI=1S/C12H16N2O3/c1-8(6-13)7-14(3)9(2)10-4-5-11(17-10)12(15)16/h4-5,8-9H,7H2,1-3H3,(H,15,16). The van der Waals surface area contributed by atoms with Crippen LogP contribution >= 0.6 is 0 Å². The lowest BCUT2D eigenvalue weighted by Gasteiger charge is -2.23. The summed E-state index contributed by atoms with van der Waals surface area (Å²) in [5.41, 5.74) is 0. The van der Waals surface area contributed by atoms with Crippen LogP contribution in [0.1, 0.15) is 36.2 Å². The smallest absolute Gasteiger partial charge is 0.371 e. The zero-order chi connectivity index (χ0) is 13.0. The van der Waals surface area contributed by atoms with E-state index in [1.54, 1.807) is 6.07 Å². The van der Waals surface area contributed by atoms with Gasteiger partial charge in [0, 0.05) is 6.54 Å². The van der Waals surface area contributed by atoms with E-state index in [1.165, 1.54) is 6.07 Å². The zero-order valence-corrected chi connectivity index (χ0v) is 10.2. The number of carbonyl (C=O) groups is 1. The zero-order valence-electron chi connectivity index (χ0n) is 10.2. The Morgan fingerprint density at radius 1 is 1.59 bits per heavy atom. The molecule has 2 atom stereocenters. The molecule has 0 spiro atoms. The van der Waals surface area contributed by atoms with Crippen LogP contribution in [0.3, 0.4) is 0 Å². The van der Waals surface area contributed by atoms with Crippen molar-refractivity contribution in [1.29, 1.82) is 5.26 Å². The molecule has 1 aromatic rings. The van der Waals surface area contributed by atoms with Crippen LogP contribution in [0, 0.1) is 17.2 Å². The summed E-state index contributed by atoms with van der Waals surface area (Å²) in [6, 6.07) is 5.20. The molecule has 1 heterocycles. The van der Waals surface area contributed by atoms with Gasteiger partial charge in [-0.05, 0) is 33.0 Å². The monoisotopic (exact) mass is 236 g/mol. The van der Waals surface area contributed by atoms with Crippen molar-refractivity contribution < 1.29 is 14.3 Å². The van der Waals surface area contributed by atoms with Crippen molar-refractivity contribution in [1.82, 2.24) is 4.90 Å². The molecule has 92 valence electrons. The van der Waals surface area contributed by atoms with Crippen LogP contribution in [0.2, 0.25) is 0 Å². The maximum Gasteiger partial charge on any atom is 0.371 e. The number of carboxylic acids is 1. The molecule has 1 N–H and O–H groups in total. The lowest BCUT2D eigenvalue weighted by atomic mass is 10.1. The summed E-state index contributed by atoms with van der Waals surface area (Å²) in [4.78, 5) is 12.6. The fraction of sp³-hybridized carbons (Fsp3) is 0.500. The van der Waals surface area contributed by atoms with Crippen molar-refractivity contribution in [3.05, 3.63) is 23.7 Å². The van der Waals surface area contributed by atoms with E-state index in [0.29, 0.717) is 12.3 Å². The first-order valence-corrected chi connectivity index (χ1v) is 5.38. The topological polar surface area (TPSA) is 77.5 Å². The highest BCUT2D eigenvalue weighted by atomic mass is 16.4. The first-order chi connectivity index (χ1) is 7.95. The molecule has 0 fully saturated rings. The molecular weight excluding hydrogens is 220 g/mol. The molecule has 0 aliphatic rings. The van der Waals surface area contributed by atoms with E-state index in [2.05, 4.69) is 6.07 Å². The molecule has 0 saturated heterocycles. The van der Waals surface area contributed by atoms with Crippen LogP contribution in [0.25, 0.3) is 0 Å². The Bertz CT molecular complexity index is 433. The molecule has 0 aliphatic heterocycles. The van der Waals surface area contributed by atoms with E-state index < -0.39 is 5.97 Å². The van der Waals surface area contributed by atoms with Crippen LogP contribution in [0.5, 0.6) is 0 Å². The maximum atomic E-state index is 10.7. The lowest BCUT2D eigenvalue weighted by molar-refractivity contribution is 0.0656. The van der Waals surface area contributed by atoms with Gasteiger partial charge in [0.15, 0.2) is 0 Å². The average Bonchev–Trinajstić information content (AvgIpc) is 2.77. The molecule has 5 nitrogen and oxygen atoms in total. The molecule has 0 radical (unpaired) electrons. The Morgan fingerprint density at radius 2 is 2.24 bits per heavy atom. The first kappa shape index (κ1) is 13.3. The van der Waals surface area contributed by atoms with E-state index in [4.69, 9.17) is 14.8 Å². The summed E-state index contributed by atoms with van der Waals surface area (Å²) in [6.07, 6.45) is 0. The quantitative estimate of drug-likeness (QED) is 0.847. The maximum absolute atomic E-state index is 10.7. The van der Waals surface area contributed by atoms with Gasteiger partial charge in [0.25, 0.3) is 0 Å². The molecular formula is C12H16N2O3. The summed E-state index contributed by atoms with van der Waals surface area (Å²) in [5, 5.41) is 17.5. The Hall–Kier alpha value is -1.80. The van der Waals surface area contributed by atoms with Gasteiger partial charge >= 0.3 is 5.97 Å². The minimum Gasteiger partial charge on any atom is -0.475 e. The highest BCUT2D eigenvalue weighted by Gasteiger charge is 2.19. The fourth-order valence-corrected chi connectivity index (χ4v) is 1.54. The Balaban J connectivity index is 2.71. The summed E-state index contributed by atoms with van der Waals surface area (Å²) >= 11 is 0. The van der Waals surface area contributed by atoms with Crippen molar-refractivity contribution in [2.24, 2.45) is 5.92 Å². The number of rotatable bonds is 5. The molecule has 17 heavy (non-hydrogen) atoms. The SMILES string of the molecule is CC(C#N)CN(C)C(C)c1ccc(C(=O)O)o1. The number of nitrogens with zero attached hydrogens (tertiary/aromatic N) is 2. The van der Waals surface area contributed by atoms with Gasteiger partial charge in [0.05, 0.1) is 18.0 Å². The first-order valence-electron chi connectivity index (χ1n) is 5.38. The second-order valence-electron chi connectivity index (χ2n) is 4.15. The molecule has 0 aliphatic carbocycles. The average molecular weight is 236 g/mol. The van der Waals surface area contributed by atoms with E-state index in [-0.39, 0.29) is 17.7 Å². The van der Waals surface area contributed by atoms with Crippen LogP contribution in [-0.2, 0) is 0 Å². The highest BCUT2D eigenvalue weighted by molar-refractivity contribution is 5.84. The number of aromatic carboxylic acids is 1. The number of carboxylic acid groups (broad SMARTS) is 1. The summed E-state index contributed by atoms with van der Waals surface area (Å²) < 4.78 is 5.22. The van der Waals surface area contributed by atoms with Gasteiger partial charge in [0.2, 0.25) is 5.76 Å². The van der Waals surface area contributed by atoms with Crippen LogP contribution < -0.4 is 0 Å². The van der Waals surface area contributed by atoms with Crippen molar-refractivity contribution in [2.75, 3.05) is 13.6 Å². The molecule has 0 saturated carbocycles. The Labute approximate surface area is 100 Å². The second-order valence-corrected chi connectivity index (χ2v) is 4.15. The summed E-state index contributed by atoms with van der Waals surface area (Å²) in [6.45, 7) is 4.36. The largest absolute Gasteiger partial charge is 0.475 e. The third-order valence-electron chi connectivity index (χ3n) is 2.69. The lowest BCUT2D eigenvalue weighted by Crippen LogP contribution is -2.26. The second kappa shape index (κ2) is 5.51. The summed E-state index contributed by atoms with van der Waals surface area (Å²) in [5.74, 6) is -0.614. The predicted octanol–water partition coefficient (Wildman–Crippen LogP) is 2.13. The molecule has 0 bridgehead atoms. The van der Waals surface area contributed by atoms with Crippen molar-refractivity contribution in [2.45, 2.75) is 19.9 Å². The Kier molecular flexibility index (Phi) is 4.30. The molecule has 2 unspecified atom stereocenters. The Morgan fingerprint density at radius 3 is 2.71 bits per heavy atom. The van der Waals surface area contributed by atoms with Gasteiger partial charge < -0.3 is 9.52 Å². The van der Waals surface area contributed by atoms with Gasteiger partial charge in [-0.2, -0.15) is 5.26 Å². The minimum absolute atomic E-state index is 0.0566. The van der Waals surface area contributed by atoms with E-state index in [9.17, 15) is 4.79 Å². The highest BCUT2D eigenvalue weighted by Crippen LogP contribution is 2.22. The van der Waals surface area contributed by atoms with Gasteiger partial charge in [0.1, 0.15) is 5.76 Å². The van der Waals surface area contributed by atoms with Crippen LogP contribution in [0.15, 0.2) is 16.5 Å². The van der Waals surface area contributed by atoms with E-state index in [1.807, 2.05) is 25.8 Å². The van der Waals surface area contributed by atoms with E-state index in [0.717, 1.165) is 0 Å². The summed E-state index contributed by atoms with van der Waals surface area (Å²) in [7, 11) is 1.88. The van der Waals surface area contributed by atoms with Crippen molar-refractivity contribution in [3.63, 3.8) is 0 Å². The number of nitriles is 1.